The minimum Gasteiger partial charge on any atom is -0.399 e. The van der Waals surface area contributed by atoms with Gasteiger partial charge in [0.1, 0.15) is 12.2 Å². The second-order valence-corrected chi connectivity index (χ2v) is 3.69. The summed E-state index contributed by atoms with van der Waals surface area (Å²) in [6, 6.07) is 5.18. The normalized spacial score (nSPS) is 10.2. The Morgan fingerprint density at radius 1 is 1.53 bits per heavy atom. The molecule has 0 saturated carbocycles. The van der Waals surface area contributed by atoms with Crippen molar-refractivity contribution in [2.45, 2.75) is 13.5 Å². The van der Waals surface area contributed by atoms with Crippen LogP contribution in [0.25, 0.3) is 0 Å². The average molecular weight is 231 g/mol. The lowest BCUT2D eigenvalue weighted by Gasteiger charge is -2.06. The van der Waals surface area contributed by atoms with Gasteiger partial charge in [0, 0.05) is 11.3 Å². The highest BCUT2D eigenvalue weighted by molar-refractivity contribution is 5.95. The molecule has 0 aliphatic rings. The van der Waals surface area contributed by atoms with Gasteiger partial charge in [-0.2, -0.15) is 5.10 Å². The topological polar surface area (TPSA) is 96.7 Å². The Morgan fingerprint density at radius 2 is 2.35 bits per heavy atom. The van der Waals surface area contributed by atoms with Crippen LogP contribution in [-0.2, 0) is 6.54 Å². The van der Waals surface area contributed by atoms with E-state index in [9.17, 15) is 4.79 Å². The van der Waals surface area contributed by atoms with Crippen LogP contribution in [0.1, 0.15) is 21.7 Å². The maximum atomic E-state index is 11.9. The Bertz CT molecular complexity index is 521. The molecule has 0 bridgehead atoms. The molecule has 1 aromatic carbocycles. The van der Waals surface area contributed by atoms with E-state index >= 15 is 0 Å². The second-order valence-electron chi connectivity index (χ2n) is 3.69. The molecule has 0 fully saturated rings. The smallest absolute Gasteiger partial charge is 0.251 e. The van der Waals surface area contributed by atoms with Crippen molar-refractivity contribution in [3.63, 3.8) is 0 Å². The second kappa shape index (κ2) is 4.65. The molecular weight excluding hydrogens is 218 g/mol. The van der Waals surface area contributed by atoms with Crippen LogP contribution in [0.5, 0.6) is 0 Å². The summed E-state index contributed by atoms with van der Waals surface area (Å²) in [6.07, 6.45) is 1.40. The molecule has 0 atom stereocenters. The van der Waals surface area contributed by atoms with E-state index in [-0.39, 0.29) is 5.91 Å². The number of benzene rings is 1. The van der Waals surface area contributed by atoms with E-state index in [1.54, 1.807) is 18.2 Å². The fourth-order valence-electron chi connectivity index (χ4n) is 1.52. The van der Waals surface area contributed by atoms with Crippen LogP contribution < -0.4 is 11.1 Å². The van der Waals surface area contributed by atoms with E-state index < -0.39 is 0 Å². The molecule has 17 heavy (non-hydrogen) atoms. The van der Waals surface area contributed by atoms with Crippen LogP contribution in [0.3, 0.4) is 0 Å². The van der Waals surface area contributed by atoms with Crippen molar-refractivity contribution in [3.8, 4) is 0 Å². The van der Waals surface area contributed by atoms with Crippen molar-refractivity contribution in [1.29, 1.82) is 0 Å². The summed E-state index contributed by atoms with van der Waals surface area (Å²) in [5.74, 6) is 0.463. The number of aryl methyl sites for hydroxylation is 1. The largest absolute Gasteiger partial charge is 0.399 e. The molecule has 2 rings (SSSR count). The van der Waals surface area contributed by atoms with Gasteiger partial charge in [0.15, 0.2) is 0 Å². The fourth-order valence-corrected chi connectivity index (χ4v) is 1.52. The number of rotatable bonds is 3. The average Bonchev–Trinajstić information content (AvgIpc) is 2.78. The van der Waals surface area contributed by atoms with Gasteiger partial charge in [-0.15, -0.1) is 0 Å². The van der Waals surface area contributed by atoms with Crippen molar-refractivity contribution in [2.24, 2.45) is 0 Å². The molecule has 1 aromatic heterocycles. The van der Waals surface area contributed by atoms with E-state index in [1.807, 2.05) is 6.92 Å². The number of carbonyl (C=O) groups excluding carboxylic acids is 1. The number of amides is 1. The highest BCUT2D eigenvalue weighted by Gasteiger charge is 2.09. The third-order valence-electron chi connectivity index (χ3n) is 2.38. The molecule has 6 heteroatoms. The Balaban J connectivity index is 2.04. The maximum absolute atomic E-state index is 11.9. The van der Waals surface area contributed by atoms with Crippen LogP contribution in [0.2, 0.25) is 0 Å². The Labute approximate surface area is 98.3 Å². The SMILES string of the molecule is Cc1cc(N)ccc1C(=O)NCc1ncn[nH]1. The minimum absolute atomic E-state index is 0.154. The molecule has 0 aliphatic carbocycles. The van der Waals surface area contributed by atoms with E-state index in [0.29, 0.717) is 23.6 Å². The summed E-state index contributed by atoms with van der Waals surface area (Å²) in [7, 11) is 0. The number of anilines is 1. The first-order valence-electron chi connectivity index (χ1n) is 5.15. The predicted octanol–water partition coefficient (Wildman–Crippen LogP) is 0.625. The number of carbonyl (C=O) groups is 1. The highest BCUT2D eigenvalue weighted by Crippen LogP contribution is 2.12. The zero-order valence-electron chi connectivity index (χ0n) is 9.40. The van der Waals surface area contributed by atoms with Gasteiger partial charge >= 0.3 is 0 Å². The van der Waals surface area contributed by atoms with Crippen molar-refractivity contribution >= 4 is 11.6 Å². The van der Waals surface area contributed by atoms with Gasteiger partial charge in [0.25, 0.3) is 5.91 Å². The van der Waals surface area contributed by atoms with Crippen LogP contribution in [-0.4, -0.2) is 21.1 Å². The predicted molar refractivity (Wildman–Crippen MR) is 63.1 cm³/mol. The lowest BCUT2D eigenvalue weighted by Crippen LogP contribution is -2.24. The standard InChI is InChI=1S/C11H13N5O/c1-7-4-8(12)2-3-9(7)11(17)13-5-10-14-6-15-16-10/h2-4,6H,5,12H2,1H3,(H,13,17)(H,14,15,16). The Kier molecular flexibility index (Phi) is 3.04. The number of H-pyrrole nitrogens is 1. The van der Waals surface area contributed by atoms with Crippen molar-refractivity contribution in [3.05, 3.63) is 41.5 Å². The molecule has 0 spiro atoms. The van der Waals surface area contributed by atoms with Crippen molar-refractivity contribution in [2.75, 3.05) is 5.73 Å². The van der Waals surface area contributed by atoms with Crippen molar-refractivity contribution < 1.29 is 4.79 Å². The van der Waals surface area contributed by atoms with Gasteiger partial charge in [0.05, 0.1) is 6.54 Å². The maximum Gasteiger partial charge on any atom is 0.251 e. The number of hydrogen-bond acceptors (Lipinski definition) is 4. The summed E-state index contributed by atoms with van der Waals surface area (Å²) in [4.78, 5) is 15.8. The Hall–Kier alpha value is -2.37. The first kappa shape index (κ1) is 11.1. The van der Waals surface area contributed by atoms with Gasteiger partial charge in [-0.3, -0.25) is 9.89 Å². The quantitative estimate of drug-likeness (QED) is 0.675. The highest BCUT2D eigenvalue weighted by atomic mass is 16.1. The first-order valence-corrected chi connectivity index (χ1v) is 5.15. The van der Waals surface area contributed by atoms with Gasteiger partial charge in [0.2, 0.25) is 0 Å². The zero-order valence-corrected chi connectivity index (χ0v) is 9.40. The molecule has 1 amide bonds. The van der Waals surface area contributed by atoms with Gasteiger partial charge in [-0.05, 0) is 30.7 Å². The fraction of sp³-hybridized carbons (Fsp3) is 0.182. The number of hydrogen-bond donors (Lipinski definition) is 3. The van der Waals surface area contributed by atoms with E-state index in [2.05, 4.69) is 20.5 Å². The van der Waals surface area contributed by atoms with Crippen LogP contribution in [0.15, 0.2) is 24.5 Å². The molecule has 0 radical (unpaired) electrons. The minimum atomic E-state index is -0.154. The lowest BCUT2D eigenvalue weighted by atomic mass is 10.1. The molecule has 0 aliphatic heterocycles. The van der Waals surface area contributed by atoms with Crippen LogP contribution in [0.4, 0.5) is 5.69 Å². The number of aromatic nitrogens is 3. The summed E-state index contributed by atoms with van der Waals surface area (Å²) in [6.45, 7) is 2.17. The van der Waals surface area contributed by atoms with E-state index in [4.69, 9.17) is 5.73 Å². The molecule has 6 nitrogen and oxygen atoms in total. The third-order valence-corrected chi connectivity index (χ3v) is 2.38. The third kappa shape index (κ3) is 2.60. The molecule has 4 N–H and O–H groups in total. The monoisotopic (exact) mass is 231 g/mol. The summed E-state index contributed by atoms with van der Waals surface area (Å²) in [5, 5.41) is 9.12. The van der Waals surface area contributed by atoms with Crippen LogP contribution in [0, 0.1) is 6.92 Å². The number of aromatic amines is 1. The number of nitrogens with two attached hydrogens (primary N) is 1. The zero-order chi connectivity index (χ0) is 12.3. The van der Waals surface area contributed by atoms with Crippen molar-refractivity contribution in [1.82, 2.24) is 20.5 Å². The summed E-state index contributed by atoms with van der Waals surface area (Å²) in [5.41, 5.74) is 7.73. The summed E-state index contributed by atoms with van der Waals surface area (Å²) < 4.78 is 0. The molecule has 2 aromatic rings. The molecular formula is C11H13N5O. The number of nitrogens with zero attached hydrogens (tertiary/aromatic N) is 2. The summed E-state index contributed by atoms with van der Waals surface area (Å²) >= 11 is 0. The molecule has 0 unspecified atom stereocenters. The molecule has 88 valence electrons. The number of nitrogen functional groups attached to an aromatic ring is 1. The van der Waals surface area contributed by atoms with Gasteiger partial charge < -0.3 is 11.1 Å². The number of nitrogens with one attached hydrogen (secondary N) is 2. The molecule has 0 saturated heterocycles. The molecule has 1 heterocycles. The lowest BCUT2D eigenvalue weighted by molar-refractivity contribution is 0.0949. The van der Waals surface area contributed by atoms with Gasteiger partial charge in [-0.25, -0.2) is 4.98 Å². The van der Waals surface area contributed by atoms with E-state index in [1.165, 1.54) is 6.33 Å². The Morgan fingerprint density at radius 3 is 3.00 bits per heavy atom. The van der Waals surface area contributed by atoms with Gasteiger partial charge in [-0.1, -0.05) is 0 Å². The first-order chi connectivity index (χ1) is 8.16. The van der Waals surface area contributed by atoms with E-state index in [0.717, 1.165) is 5.56 Å². The van der Waals surface area contributed by atoms with Crippen LogP contribution >= 0.6 is 0 Å².